The minimum absolute atomic E-state index is 0.0358. The van der Waals surface area contributed by atoms with Crippen LogP contribution in [0.3, 0.4) is 0 Å². The van der Waals surface area contributed by atoms with Crippen LogP contribution in [0.15, 0.2) is 4.99 Å². The number of hydrogen-bond acceptors (Lipinski definition) is 20. The third kappa shape index (κ3) is 30.3. The molecular formula is C59H109N15O16S2. The predicted octanol–water partition coefficient (Wildman–Crippen LogP) is -2.82. The highest BCUT2D eigenvalue weighted by Crippen LogP contribution is 2.29. The highest BCUT2D eigenvalue weighted by atomic mass is 32.1. The molecular weight excluding hydrogens is 1240 g/mol. The Labute approximate surface area is 552 Å². The van der Waals surface area contributed by atoms with Gasteiger partial charge in [-0.3, -0.25) is 57.7 Å². The number of hydrogen-bond donors (Lipinski definition) is 16. The first-order chi connectivity index (χ1) is 43.4. The van der Waals surface area contributed by atoms with E-state index in [0.717, 1.165) is 0 Å². The number of nitrogens with zero attached hydrogens (tertiary/aromatic N) is 1. The Morgan fingerprint density at radius 1 is 0.489 bits per heavy atom. The molecule has 1 rings (SSSR count). The van der Waals surface area contributed by atoms with Gasteiger partial charge in [0.1, 0.15) is 78.8 Å². The van der Waals surface area contributed by atoms with Crippen molar-refractivity contribution in [2.24, 2.45) is 57.3 Å². The number of amides is 11. The Morgan fingerprint density at radius 2 is 0.891 bits per heavy atom. The van der Waals surface area contributed by atoms with Crippen molar-refractivity contribution in [2.45, 2.75) is 217 Å². The molecule has 15 atom stereocenters. The summed E-state index contributed by atoms with van der Waals surface area (Å²) in [7, 11) is 5.93. The van der Waals surface area contributed by atoms with Crippen LogP contribution in [0.4, 0.5) is 0 Å². The van der Waals surface area contributed by atoms with Crippen molar-refractivity contribution in [1.82, 2.24) is 47.9 Å². The zero-order chi connectivity index (χ0) is 69.9. The quantitative estimate of drug-likeness (QED) is 0.0126. The fourth-order valence-electron chi connectivity index (χ4n) is 10.2. The van der Waals surface area contributed by atoms with Gasteiger partial charge in [-0.25, -0.2) is 0 Å². The van der Waals surface area contributed by atoms with Crippen LogP contribution in [0.2, 0.25) is 0 Å². The Kier molecular flexibility index (Phi) is 40.6. The molecule has 1 aliphatic heterocycles. The van der Waals surface area contributed by atoms with Crippen LogP contribution in [0.25, 0.3) is 0 Å². The summed E-state index contributed by atoms with van der Waals surface area (Å²) >= 11 is 8.73. The standard InChI is InChI=1S/C59H109N15O16S2/c1-13-33(8)46(74-57(84)41(29-92)72-51(78)35(17-14-15-21-60)66-45(76)26-42-47(87-10)49(89-12)48(88-11)43(90-42)27-86-9)58(85)71-39(25-32(6)7)55(82)73-40(28-91)56(83)68-36(18-16-22-65-59(63)64)52(79)69-38(24-31(4)5)54(81)70-37(23-30(2)3)53(80)67-34(50(62)77)19-20-44(61)75/h30-43,46-49,91-92H,13-29,60H2,1-12H3,(H2,61,75)(H2,62,77)(H,66,76)(H,67,80)(H,68,83)(H,69,79)(H,70,81)(H,71,85)(H,72,78)(H,73,82)(H,74,84)(H4,63,64,65)/t33-,34-,35-,36-,37-,38-,39-,40-,41+,42?,43+,46-,47+,48+,49+/m0/s1. The van der Waals surface area contributed by atoms with Gasteiger partial charge in [-0.2, -0.15) is 25.3 Å². The van der Waals surface area contributed by atoms with Gasteiger partial charge in [-0.15, -0.1) is 0 Å². The summed E-state index contributed by atoms with van der Waals surface area (Å²) in [5.74, 6) is -10.4. The molecule has 1 aliphatic rings. The van der Waals surface area contributed by atoms with E-state index >= 15 is 0 Å². The number of carbonyl (C=O) groups excluding carboxylic acids is 11. The summed E-state index contributed by atoms with van der Waals surface area (Å²) < 4.78 is 28.7. The van der Waals surface area contributed by atoms with E-state index in [1.807, 2.05) is 0 Å². The molecule has 0 radical (unpaired) electrons. The smallest absolute Gasteiger partial charge is 0.244 e. The second kappa shape index (κ2) is 44.5. The number of thiol groups is 2. The Balaban J connectivity index is 3.47. The summed E-state index contributed by atoms with van der Waals surface area (Å²) in [5, 5.41) is 24.1. The van der Waals surface area contributed by atoms with E-state index in [-0.39, 0.29) is 106 Å². The molecule has 0 aromatic carbocycles. The predicted molar refractivity (Wildman–Crippen MR) is 351 cm³/mol. The summed E-state index contributed by atoms with van der Waals surface area (Å²) in [4.78, 5) is 155. The summed E-state index contributed by atoms with van der Waals surface area (Å²) in [6.45, 7) is 14.7. The van der Waals surface area contributed by atoms with Gasteiger partial charge in [0.2, 0.25) is 65.0 Å². The zero-order valence-electron chi connectivity index (χ0n) is 55.7. The van der Waals surface area contributed by atoms with Crippen molar-refractivity contribution in [3.63, 3.8) is 0 Å². The molecule has 0 aromatic rings. The molecule has 11 amide bonds. The number of rotatable bonds is 46. The van der Waals surface area contributed by atoms with E-state index in [9.17, 15) is 52.7 Å². The topological polar surface area (TPSA) is 485 Å². The minimum Gasteiger partial charge on any atom is -0.382 e. The lowest BCUT2D eigenvalue weighted by Gasteiger charge is -2.44. The number of nitrogens with one attached hydrogen (secondary N) is 9. The maximum atomic E-state index is 14.4. The molecule has 19 N–H and O–H groups in total. The van der Waals surface area contributed by atoms with Gasteiger partial charge in [0.15, 0.2) is 5.96 Å². The molecule has 0 aromatic heterocycles. The molecule has 1 saturated heterocycles. The average molecular weight is 1350 g/mol. The molecule has 33 heteroatoms. The van der Waals surface area contributed by atoms with Gasteiger partial charge in [-0.05, 0) is 88.0 Å². The monoisotopic (exact) mass is 1350 g/mol. The van der Waals surface area contributed by atoms with Crippen LogP contribution in [-0.2, 0) is 76.4 Å². The molecule has 0 bridgehead atoms. The van der Waals surface area contributed by atoms with Gasteiger partial charge in [0, 0.05) is 52.9 Å². The second-order valence-electron chi connectivity index (χ2n) is 24.3. The number of guanidine groups is 1. The number of unbranched alkanes of at least 4 members (excludes halogenated alkanes) is 1. The van der Waals surface area contributed by atoms with Crippen LogP contribution in [0.5, 0.6) is 0 Å². The lowest BCUT2D eigenvalue weighted by molar-refractivity contribution is -0.249. The molecule has 528 valence electrons. The van der Waals surface area contributed by atoms with E-state index in [4.69, 9.17) is 52.4 Å². The van der Waals surface area contributed by atoms with Crippen molar-refractivity contribution >= 4 is 96.2 Å². The number of nitrogens with two attached hydrogens (primary N) is 5. The molecule has 92 heavy (non-hydrogen) atoms. The molecule has 0 aliphatic carbocycles. The van der Waals surface area contributed by atoms with E-state index in [1.165, 1.54) is 28.4 Å². The Morgan fingerprint density at radius 3 is 1.30 bits per heavy atom. The van der Waals surface area contributed by atoms with E-state index in [0.29, 0.717) is 25.8 Å². The first-order valence-electron chi connectivity index (χ1n) is 31.4. The number of ether oxygens (including phenoxy) is 5. The first kappa shape index (κ1) is 83.9. The van der Waals surface area contributed by atoms with E-state index in [2.05, 4.69) is 78.1 Å². The highest BCUT2D eigenvalue weighted by molar-refractivity contribution is 7.80. The minimum atomic E-state index is -1.42. The lowest BCUT2D eigenvalue weighted by Crippen LogP contribution is -2.62. The summed E-state index contributed by atoms with van der Waals surface area (Å²) in [6, 6.07) is -11.6. The molecule has 1 fully saturated rings. The van der Waals surface area contributed by atoms with E-state index in [1.54, 1.807) is 55.4 Å². The summed E-state index contributed by atoms with van der Waals surface area (Å²) in [6.07, 6.45) is -2.37. The molecule has 0 spiro atoms. The van der Waals surface area contributed by atoms with Crippen LogP contribution in [-0.4, -0.2) is 215 Å². The fraction of sp³-hybridized carbons (Fsp3) is 0.797. The van der Waals surface area contributed by atoms with Crippen molar-refractivity contribution < 1.29 is 76.4 Å². The van der Waals surface area contributed by atoms with Gasteiger partial charge < -0.3 is 100 Å². The molecule has 31 nitrogen and oxygen atoms in total. The maximum absolute atomic E-state index is 14.4. The van der Waals surface area contributed by atoms with Gasteiger partial charge in [-0.1, -0.05) is 61.8 Å². The number of primary amides is 2. The van der Waals surface area contributed by atoms with Crippen molar-refractivity contribution in [3.05, 3.63) is 0 Å². The van der Waals surface area contributed by atoms with E-state index < -0.39 is 156 Å². The zero-order valence-corrected chi connectivity index (χ0v) is 57.5. The lowest BCUT2D eigenvalue weighted by atomic mass is 9.92. The first-order valence-corrected chi connectivity index (χ1v) is 32.6. The molecule has 1 unspecified atom stereocenters. The van der Waals surface area contributed by atoms with Crippen molar-refractivity contribution in [2.75, 3.05) is 59.6 Å². The molecule has 1 heterocycles. The fourth-order valence-corrected chi connectivity index (χ4v) is 10.7. The number of methoxy groups -OCH3 is 4. The molecule has 0 saturated carbocycles. The largest absolute Gasteiger partial charge is 0.382 e. The Bertz CT molecular complexity index is 2390. The van der Waals surface area contributed by atoms with Crippen LogP contribution < -0.4 is 76.5 Å². The van der Waals surface area contributed by atoms with Crippen molar-refractivity contribution in [3.8, 4) is 0 Å². The normalized spacial score (nSPS) is 19.7. The summed E-state index contributed by atoms with van der Waals surface area (Å²) in [5.41, 5.74) is 27.6. The number of aliphatic imine (C=N–C) groups is 1. The van der Waals surface area contributed by atoms with Gasteiger partial charge >= 0.3 is 0 Å². The van der Waals surface area contributed by atoms with Crippen molar-refractivity contribution in [1.29, 1.82) is 0 Å². The second-order valence-corrected chi connectivity index (χ2v) is 25.0. The highest BCUT2D eigenvalue weighted by Gasteiger charge is 2.48. The third-order valence-electron chi connectivity index (χ3n) is 15.2. The average Bonchev–Trinajstić information content (AvgIpc) is 0.828. The third-order valence-corrected chi connectivity index (χ3v) is 16.0. The van der Waals surface area contributed by atoms with Crippen LogP contribution >= 0.6 is 25.3 Å². The van der Waals surface area contributed by atoms with Gasteiger partial charge in [0.25, 0.3) is 0 Å². The van der Waals surface area contributed by atoms with Crippen LogP contribution in [0.1, 0.15) is 132 Å². The SMILES string of the molecule is CC[C@H](C)[C@H](NC(=O)[C@@H](CS)NC(=O)[C@H](CCCCN)NC(=O)CC1O[C@H](COC)[C@@H](OC)[C@H](OC)[C@@H]1OC)C(=O)N[C@@H](CC(C)C)C(=O)N[C@@H](CS)C(=O)N[C@@H](CCCN=C(N)N)C(=O)N[C@@H](CC(C)C)C(=O)N[C@@H](CC(C)C)C(=O)N[C@@H](CCC(N)=O)C(N)=O. The van der Waals surface area contributed by atoms with Gasteiger partial charge in [0.05, 0.1) is 19.1 Å². The Hall–Kier alpha value is -6.10. The van der Waals surface area contributed by atoms with Crippen LogP contribution in [0, 0.1) is 23.7 Å². The maximum Gasteiger partial charge on any atom is 0.244 e. The number of carbonyl (C=O) groups is 11.